The highest BCUT2D eigenvalue weighted by atomic mass is 19.2. The minimum Gasteiger partial charge on any atom is -0.494 e. The fourth-order valence-corrected chi connectivity index (χ4v) is 3.99. The summed E-state index contributed by atoms with van der Waals surface area (Å²) >= 11 is 0. The number of hydrogen-bond donors (Lipinski definition) is 0. The van der Waals surface area contributed by atoms with Crippen LogP contribution in [0.5, 0.6) is 11.5 Å². The van der Waals surface area contributed by atoms with Gasteiger partial charge in [-0.25, -0.2) is 13.2 Å². The Bertz CT molecular complexity index is 915. The molecule has 2 aromatic rings. The number of unbranched alkanes of at least 4 members (excludes halogenated alkanes) is 1. The molecule has 33 heavy (non-hydrogen) atoms. The van der Waals surface area contributed by atoms with Crippen LogP contribution in [0.3, 0.4) is 0 Å². The smallest absolute Gasteiger partial charge is 0.204 e. The van der Waals surface area contributed by atoms with Crippen LogP contribution in [-0.4, -0.2) is 26.5 Å². The van der Waals surface area contributed by atoms with E-state index in [-0.39, 0.29) is 11.9 Å². The standard InChI is InChI=1S/C25H29F5O3/c1-3-4-5-15-6-9-20(32-13-15)16-7-8-17(18(26)12-16)23(28)19(27)14-33-22-11-10-21(31-2)24(29)25(22)30/h7-8,10-12,15,19-20,23H,3-6,9,13-14H2,1-2H3. The van der Waals surface area contributed by atoms with E-state index in [1.807, 2.05) is 0 Å². The van der Waals surface area contributed by atoms with Crippen molar-refractivity contribution >= 4 is 0 Å². The van der Waals surface area contributed by atoms with Crippen molar-refractivity contribution in [3.8, 4) is 11.5 Å². The van der Waals surface area contributed by atoms with Gasteiger partial charge in [0.05, 0.1) is 19.8 Å². The summed E-state index contributed by atoms with van der Waals surface area (Å²) in [5, 5.41) is 0. The Morgan fingerprint density at radius 2 is 1.76 bits per heavy atom. The first-order chi connectivity index (χ1) is 15.8. The molecular weight excluding hydrogens is 443 g/mol. The molecule has 4 unspecified atom stereocenters. The van der Waals surface area contributed by atoms with Gasteiger partial charge in [-0.15, -0.1) is 0 Å². The summed E-state index contributed by atoms with van der Waals surface area (Å²) in [6.07, 6.45) is 0.199. The summed E-state index contributed by atoms with van der Waals surface area (Å²) in [4.78, 5) is 0. The van der Waals surface area contributed by atoms with Crippen molar-refractivity contribution in [2.24, 2.45) is 5.92 Å². The van der Waals surface area contributed by atoms with Gasteiger partial charge in [-0.05, 0) is 48.9 Å². The van der Waals surface area contributed by atoms with E-state index in [9.17, 15) is 22.0 Å². The second kappa shape index (κ2) is 11.7. The fourth-order valence-electron chi connectivity index (χ4n) is 3.99. The van der Waals surface area contributed by atoms with E-state index in [2.05, 4.69) is 11.7 Å². The highest BCUT2D eigenvalue weighted by Crippen LogP contribution is 2.35. The number of rotatable bonds is 10. The van der Waals surface area contributed by atoms with Gasteiger partial charge in [0, 0.05) is 5.56 Å². The Kier molecular flexibility index (Phi) is 8.95. The molecule has 182 valence electrons. The monoisotopic (exact) mass is 472 g/mol. The van der Waals surface area contributed by atoms with E-state index in [1.54, 1.807) is 0 Å². The number of benzene rings is 2. The molecule has 1 aliphatic rings. The van der Waals surface area contributed by atoms with Gasteiger partial charge in [-0.1, -0.05) is 31.9 Å². The van der Waals surface area contributed by atoms with Crippen molar-refractivity contribution in [3.63, 3.8) is 0 Å². The van der Waals surface area contributed by atoms with Gasteiger partial charge in [0.2, 0.25) is 11.6 Å². The third kappa shape index (κ3) is 6.16. The third-order valence-electron chi connectivity index (χ3n) is 5.98. The van der Waals surface area contributed by atoms with E-state index in [4.69, 9.17) is 9.47 Å². The first-order valence-electron chi connectivity index (χ1n) is 11.2. The average molecular weight is 472 g/mol. The summed E-state index contributed by atoms with van der Waals surface area (Å²) in [6.45, 7) is 1.82. The van der Waals surface area contributed by atoms with Crippen molar-refractivity contribution < 1.29 is 36.2 Å². The third-order valence-corrected chi connectivity index (χ3v) is 5.98. The predicted octanol–water partition coefficient (Wildman–Crippen LogP) is 7.20. The molecule has 0 bridgehead atoms. The number of halogens is 5. The Labute approximate surface area is 190 Å². The van der Waals surface area contributed by atoms with Crippen LogP contribution < -0.4 is 9.47 Å². The zero-order valence-electron chi connectivity index (χ0n) is 18.8. The number of alkyl halides is 2. The van der Waals surface area contributed by atoms with E-state index in [0.717, 1.165) is 51.3 Å². The number of ether oxygens (including phenoxy) is 3. The molecule has 4 atom stereocenters. The van der Waals surface area contributed by atoms with E-state index in [0.29, 0.717) is 18.1 Å². The maximum atomic E-state index is 14.6. The van der Waals surface area contributed by atoms with Crippen LogP contribution in [0.4, 0.5) is 22.0 Å². The zero-order chi connectivity index (χ0) is 24.0. The second-order valence-electron chi connectivity index (χ2n) is 8.31. The summed E-state index contributed by atoms with van der Waals surface area (Å²) in [5.41, 5.74) is 0.118. The molecule has 3 nitrogen and oxygen atoms in total. The number of hydrogen-bond acceptors (Lipinski definition) is 3. The van der Waals surface area contributed by atoms with Crippen molar-refractivity contribution in [1.82, 2.24) is 0 Å². The summed E-state index contributed by atoms with van der Waals surface area (Å²) < 4.78 is 86.7. The average Bonchev–Trinajstić information content (AvgIpc) is 2.83. The highest BCUT2D eigenvalue weighted by Gasteiger charge is 2.29. The van der Waals surface area contributed by atoms with Crippen molar-refractivity contribution in [1.29, 1.82) is 0 Å². The normalized spacial score (nSPS) is 20.3. The van der Waals surface area contributed by atoms with Gasteiger partial charge in [0.15, 0.2) is 23.8 Å². The molecule has 1 aliphatic heterocycles. The topological polar surface area (TPSA) is 27.7 Å². The van der Waals surface area contributed by atoms with Gasteiger partial charge < -0.3 is 14.2 Å². The molecule has 1 heterocycles. The number of methoxy groups -OCH3 is 1. The van der Waals surface area contributed by atoms with Crippen LogP contribution >= 0.6 is 0 Å². The summed E-state index contributed by atoms with van der Waals surface area (Å²) in [7, 11) is 1.16. The van der Waals surface area contributed by atoms with E-state index >= 15 is 0 Å². The first-order valence-corrected chi connectivity index (χ1v) is 11.2. The zero-order valence-corrected chi connectivity index (χ0v) is 18.8. The fraction of sp³-hybridized carbons (Fsp3) is 0.520. The SMILES string of the molecule is CCCCC1CCC(c2ccc(C(F)C(F)COc3ccc(OC)c(F)c3F)c(F)c2)OC1. The van der Waals surface area contributed by atoms with Gasteiger partial charge in [-0.2, -0.15) is 8.78 Å². The summed E-state index contributed by atoms with van der Waals surface area (Å²) in [5.74, 6) is -4.01. The van der Waals surface area contributed by atoms with E-state index < -0.39 is 47.7 Å². The molecule has 1 saturated heterocycles. The minimum absolute atomic E-state index is 0.276. The van der Waals surface area contributed by atoms with Crippen molar-refractivity contribution in [3.05, 3.63) is 58.9 Å². The molecule has 0 aromatic heterocycles. The van der Waals surface area contributed by atoms with Crippen molar-refractivity contribution in [2.75, 3.05) is 20.3 Å². The van der Waals surface area contributed by atoms with Crippen LogP contribution in [0.1, 0.15) is 62.4 Å². The van der Waals surface area contributed by atoms with Gasteiger partial charge >= 0.3 is 0 Å². The second-order valence-corrected chi connectivity index (χ2v) is 8.31. The molecule has 0 saturated carbocycles. The lowest BCUT2D eigenvalue weighted by atomic mass is 9.90. The Hall–Kier alpha value is -2.35. The molecule has 0 spiro atoms. The van der Waals surface area contributed by atoms with Crippen LogP contribution in [0.2, 0.25) is 0 Å². The first kappa shape index (κ1) is 25.3. The molecule has 2 aromatic carbocycles. The molecular formula is C25H29F5O3. The predicted molar refractivity (Wildman–Crippen MR) is 114 cm³/mol. The Morgan fingerprint density at radius 3 is 2.39 bits per heavy atom. The highest BCUT2D eigenvalue weighted by molar-refractivity contribution is 5.35. The lowest BCUT2D eigenvalue weighted by Gasteiger charge is -2.29. The van der Waals surface area contributed by atoms with Crippen molar-refractivity contribution in [2.45, 2.75) is 57.5 Å². The molecule has 0 aliphatic carbocycles. The van der Waals surface area contributed by atoms with Crippen LogP contribution in [0, 0.1) is 23.4 Å². The lowest BCUT2D eigenvalue weighted by Crippen LogP contribution is -2.22. The van der Waals surface area contributed by atoms with Gasteiger partial charge in [0.25, 0.3) is 0 Å². The largest absolute Gasteiger partial charge is 0.494 e. The Balaban J connectivity index is 1.59. The molecule has 0 N–H and O–H groups in total. The van der Waals surface area contributed by atoms with Crippen LogP contribution in [-0.2, 0) is 4.74 Å². The lowest BCUT2D eigenvalue weighted by molar-refractivity contribution is -0.0199. The van der Waals surface area contributed by atoms with Gasteiger partial charge in [-0.3, -0.25) is 0 Å². The molecule has 8 heteroatoms. The quantitative estimate of drug-likeness (QED) is 0.342. The molecule has 1 fully saturated rings. The van der Waals surface area contributed by atoms with Crippen LogP contribution in [0.15, 0.2) is 30.3 Å². The van der Waals surface area contributed by atoms with Crippen LogP contribution in [0.25, 0.3) is 0 Å². The summed E-state index contributed by atoms with van der Waals surface area (Å²) in [6, 6.07) is 6.05. The molecule has 0 amide bonds. The molecule has 3 rings (SSSR count). The maximum absolute atomic E-state index is 14.6. The Morgan fingerprint density at radius 1 is 1.03 bits per heavy atom. The maximum Gasteiger partial charge on any atom is 0.204 e. The van der Waals surface area contributed by atoms with E-state index in [1.165, 1.54) is 18.2 Å². The minimum atomic E-state index is -2.34. The molecule has 0 radical (unpaired) electrons. The van der Waals surface area contributed by atoms with Gasteiger partial charge in [0.1, 0.15) is 12.4 Å².